The minimum Gasteiger partial charge on any atom is -0.309 e. The molecule has 0 saturated carbocycles. The van der Waals surface area contributed by atoms with Crippen molar-refractivity contribution in [3.8, 4) is 0 Å². The maximum absolute atomic E-state index is 11.5. The summed E-state index contributed by atoms with van der Waals surface area (Å²) in [5.74, 6) is 0. The highest BCUT2D eigenvalue weighted by atomic mass is 32.2. The van der Waals surface area contributed by atoms with Crippen LogP contribution in [0.25, 0.3) is 0 Å². The second kappa shape index (κ2) is 6.12. The van der Waals surface area contributed by atoms with E-state index in [1.54, 1.807) is 6.92 Å². The number of thiazole rings is 1. The molecule has 0 amide bonds. The fourth-order valence-electron chi connectivity index (χ4n) is 1.64. The summed E-state index contributed by atoms with van der Waals surface area (Å²) in [6, 6.07) is 0.225. The lowest BCUT2D eigenvalue weighted by molar-refractivity contribution is 0.575. The Morgan fingerprint density at radius 3 is 2.50 bits per heavy atom. The standard InChI is InChI=1S/C12H22N2O2S2/c1-6-7-13-8(2)11-9(3)14-12(17-11)10(4)18(5,15)16/h8,10,13H,6-7H2,1-5H3. The molecule has 4 nitrogen and oxygen atoms in total. The maximum Gasteiger partial charge on any atom is 0.156 e. The highest BCUT2D eigenvalue weighted by Gasteiger charge is 2.23. The molecule has 1 heterocycles. The van der Waals surface area contributed by atoms with Gasteiger partial charge in [0.25, 0.3) is 0 Å². The monoisotopic (exact) mass is 290 g/mol. The Balaban J connectivity index is 2.95. The van der Waals surface area contributed by atoms with Gasteiger partial charge in [0.05, 0.1) is 5.69 Å². The summed E-state index contributed by atoms with van der Waals surface area (Å²) < 4.78 is 23.1. The minimum absolute atomic E-state index is 0.225. The van der Waals surface area contributed by atoms with E-state index in [9.17, 15) is 8.42 Å². The molecule has 18 heavy (non-hydrogen) atoms. The molecule has 2 unspecified atom stereocenters. The smallest absolute Gasteiger partial charge is 0.156 e. The van der Waals surface area contributed by atoms with Gasteiger partial charge in [-0.25, -0.2) is 13.4 Å². The van der Waals surface area contributed by atoms with E-state index in [1.807, 2.05) is 6.92 Å². The zero-order valence-electron chi connectivity index (χ0n) is 11.6. The number of hydrogen-bond acceptors (Lipinski definition) is 5. The van der Waals surface area contributed by atoms with Gasteiger partial charge in [0, 0.05) is 17.2 Å². The summed E-state index contributed by atoms with van der Waals surface area (Å²) in [5, 5.41) is 3.57. The van der Waals surface area contributed by atoms with Crippen LogP contribution in [0.1, 0.15) is 54.1 Å². The normalized spacial score (nSPS) is 15.6. The lowest BCUT2D eigenvalue weighted by Gasteiger charge is -2.11. The quantitative estimate of drug-likeness (QED) is 0.875. The number of aryl methyl sites for hydroxylation is 1. The van der Waals surface area contributed by atoms with Crippen LogP contribution in [-0.2, 0) is 9.84 Å². The average molecular weight is 290 g/mol. The van der Waals surface area contributed by atoms with Gasteiger partial charge in [0.15, 0.2) is 9.84 Å². The number of nitrogens with one attached hydrogen (secondary N) is 1. The molecule has 0 saturated heterocycles. The maximum atomic E-state index is 11.5. The van der Waals surface area contributed by atoms with Crippen LogP contribution in [0.4, 0.5) is 0 Å². The Bertz CT molecular complexity index is 494. The van der Waals surface area contributed by atoms with E-state index >= 15 is 0 Å². The van der Waals surface area contributed by atoms with Crippen LogP contribution in [0.15, 0.2) is 0 Å². The predicted molar refractivity (Wildman–Crippen MR) is 76.8 cm³/mol. The molecule has 2 atom stereocenters. The van der Waals surface area contributed by atoms with Crippen molar-refractivity contribution in [3.63, 3.8) is 0 Å². The Morgan fingerprint density at radius 2 is 2.00 bits per heavy atom. The van der Waals surface area contributed by atoms with E-state index in [1.165, 1.54) is 17.6 Å². The first-order valence-electron chi connectivity index (χ1n) is 6.16. The van der Waals surface area contributed by atoms with E-state index in [0.29, 0.717) is 5.01 Å². The van der Waals surface area contributed by atoms with Crippen LogP contribution in [0.2, 0.25) is 0 Å². The summed E-state index contributed by atoms with van der Waals surface area (Å²) >= 11 is 1.50. The van der Waals surface area contributed by atoms with Gasteiger partial charge >= 0.3 is 0 Å². The third-order valence-corrected chi connectivity index (χ3v) is 6.11. The Kier molecular flexibility index (Phi) is 5.31. The molecule has 0 aliphatic rings. The molecule has 104 valence electrons. The largest absolute Gasteiger partial charge is 0.309 e. The molecular weight excluding hydrogens is 268 g/mol. The predicted octanol–water partition coefficient (Wildman–Crippen LogP) is 2.62. The van der Waals surface area contributed by atoms with Crippen molar-refractivity contribution in [2.45, 2.75) is 45.4 Å². The fraction of sp³-hybridized carbons (Fsp3) is 0.750. The van der Waals surface area contributed by atoms with Gasteiger partial charge in [0.1, 0.15) is 10.3 Å². The summed E-state index contributed by atoms with van der Waals surface area (Å²) in [6.07, 6.45) is 2.33. The second-order valence-corrected chi connectivity index (χ2v) is 8.08. The van der Waals surface area contributed by atoms with E-state index in [2.05, 4.69) is 24.1 Å². The summed E-state index contributed by atoms with van der Waals surface area (Å²) in [4.78, 5) is 5.54. The van der Waals surface area contributed by atoms with Gasteiger partial charge < -0.3 is 5.32 Å². The van der Waals surface area contributed by atoms with E-state index in [0.717, 1.165) is 23.5 Å². The van der Waals surface area contributed by atoms with E-state index < -0.39 is 15.1 Å². The van der Waals surface area contributed by atoms with Gasteiger partial charge in [-0.15, -0.1) is 11.3 Å². The number of rotatable bonds is 6. The van der Waals surface area contributed by atoms with Gasteiger partial charge in [-0.2, -0.15) is 0 Å². The van der Waals surface area contributed by atoms with Crippen LogP contribution >= 0.6 is 11.3 Å². The topological polar surface area (TPSA) is 59.1 Å². The van der Waals surface area contributed by atoms with Crippen LogP contribution in [0, 0.1) is 6.92 Å². The number of aromatic nitrogens is 1. The Morgan fingerprint density at radius 1 is 1.39 bits per heavy atom. The van der Waals surface area contributed by atoms with Gasteiger partial charge in [-0.05, 0) is 33.7 Å². The molecule has 1 N–H and O–H groups in total. The molecular formula is C12H22N2O2S2. The SMILES string of the molecule is CCCNC(C)c1sc(C(C)S(C)(=O)=O)nc1C. The first-order chi connectivity index (χ1) is 8.27. The van der Waals surface area contributed by atoms with Crippen molar-refractivity contribution in [1.29, 1.82) is 0 Å². The Hall–Kier alpha value is -0.460. The van der Waals surface area contributed by atoms with Crippen LogP contribution in [-0.4, -0.2) is 26.2 Å². The number of sulfone groups is 1. The zero-order valence-corrected chi connectivity index (χ0v) is 13.3. The van der Waals surface area contributed by atoms with Crippen molar-refractivity contribution in [1.82, 2.24) is 10.3 Å². The van der Waals surface area contributed by atoms with Crippen LogP contribution in [0.5, 0.6) is 0 Å². The van der Waals surface area contributed by atoms with Crippen LogP contribution in [0.3, 0.4) is 0 Å². The van der Waals surface area contributed by atoms with Gasteiger partial charge in [-0.3, -0.25) is 0 Å². The Labute approximate surface area is 114 Å². The van der Waals surface area contributed by atoms with Crippen molar-refractivity contribution in [2.24, 2.45) is 0 Å². The third kappa shape index (κ3) is 3.76. The molecule has 0 spiro atoms. The van der Waals surface area contributed by atoms with Gasteiger partial charge in [0.2, 0.25) is 0 Å². The van der Waals surface area contributed by atoms with Crippen molar-refractivity contribution >= 4 is 21.2 Å². The molecule has 1 aromatic rings. The summed E-state index contributed by atoms with van der Waals surface area (Å²) in [7, 11) is -3.07. The molecule has 0 aliphatic carbocycles. The highest BCUT2D eigenvalue weighted by molar-refractivity contribution is 7.91. The zero-order chi connectivity index (χ0) is 13.9. The van der Waals surface area contributed by atoms with E-state index in [-0.39, 0.29) is 6.04 Å². The van der Waals surface area contributed by atoms with Crippen molar-refractivity contribution in [3.05, 3.63) is 15.6 Å². The second-order valence-electron chi connectivity index (χ2n) is 4.65. The van der Waals surface area contributed by atoms with E-state index in [4.69, 9.17) is 0 Å². The molecule has 6 heteroatoms. The fourth-order valence-corrected chi connectivity index (χ4v) is 3.76. The number of nitrogens with zero attached hydrogens (tertiary/aromatic N) is 1. The molecule has 1 aromatic heterocycles. The highest BCUT2D eigenvalue weighted by Crippen LogP contribution is 2.31. The molecule has 0 aliphatic heterocycles. The lowest BCUT2D eigenvalue weighted by Crippen LogP contribution is -2.18. The third-order valence-electron chi connectivity index (χ3n) is 2.93. The molecule has 1 rings (SSSR count). The molecule has 0 aromatic carbocycles. The number of hydrogen-bond donors (Lipinski definition) is 1. The first-order valence-corrected chi connectivity index (χ1v) is 8.94. The van der Waals surface area contributed by atoms with Crippen molar-refractivity contribution in [2.75, 3.05) is 12.8 Å². The summed E-state index contributed by atoms with van der Waals surface area (Å²) in [5.41, 5.74) is 0.932. The average Bonchev–Trinajstić information content (AvgIpc) is 2.65. The minimum atomic E-state index is -3.07. The van der Waals surface area contributed by atoms with Gasteiger partial charge in [-0.1, -0.05) is 6.92 Å². The first kappa shape index (κ1) is 15.6. The van der Waals surface area contributed by atoms with Crippen molar-refractivity contribution < 1.29 is 8.42 Å². The summed E-state index contributed by atoms with van der Waals surface area (Å²) in [6.45, 7) is 8.80. The van der Waals surface area contributed by atoms with Crippen LogP contribution < -0.4 is 5.32 Å². The lowest BCUT2D eigenvalue weighted by atomic mass is 10.2. The molecule has 0 radical (unpaired) electrons. The molecule has 0 fully saturated rings. The molecule has 0 bridgehead atoms.